The average molecular weight is 384 g/mol. The van der Waals surface area contributed by atoms with E-state index in [1.54, 1.807) is 35.1 Å². The molecule has 1 N–H and O–H groups in total. The van der Waals surface area contributed by atoms with Crippen molar-refractivity contribution in [3.63, 3.8) is 0 Å². The fourth-order valence-corrected chi connectivity index (χ4v) is 4.94. The second-order valence-corrected chi connectivity index (χ2v) is 8.43. The number of anilines is 1. The topological polar surface area (TPSA) is 67.2 Å². The monoisotopic (exact) mass is 384 g/mol. The molecule has 4 rings (SSSR count). The van der Waals surface area contributed by atoms with Crippen molar-refractivity contribution in [1.29, 1.82) is 0 Å². The number of hydrogen-bond donors (Lipinski definition) is 1. The summed E-state index contributed by atoms with van der Waals surface area (Å²) in [6.45, 7) is 6.17. The lowest BCUT2D eigenvalue weighted by Gasteiger charge is -2.39. The molecule has 28 heavy (non-hydrogen) atoms. The van der Waals surface area contributed by atoms with Gasteiger partial charge in [-0.25, -0.2) is 9.37 Å². The maximum Gasteiger partial charge on any atom is 0.275 e. The highest BCUT2D eigenvalue weighted by atomic mass is 19.1. The van der Waals surface area contributed by atoms with Crippen LogP contribution in [0.5, 0.6) is 0 Å². The maximum atomic E-state index is 14.2. The average Bonchev–Trinajstić information content (AvgIpc) is 3.25. The van der Waals surface area contributed by atoms with Gasteiger partial charge in [-0.2, -0.15) is 0 Å². The molecule has 0 aliphatic carbocycles. The predicted molar refractivity (Wildman–Crippen MR) is 103 cm³/mol. The molecule has 0 unspecified atom stereocenters. The molecule has 0 bridgehead atoms. The third-order valence-corrected chi connectivity index (χ3v) is 5.96. The molecule has 3 atom stereocenters. The molecule has 0 saturated carbocycles. The van der Waals surface area contributed by atoms with Crippen LogP contribution in [0.2, 0.25) is 0 Å². The van der Waals surface area contributed by atoms with Gasteiger partial charge in [-0.3, -0.25) is 9.59 Å². The number of nitrogens with zero attached hydrogens (tertiary/aromatic N) is 3. The van der Waals surface area contributed by atoms with Gasteiger partial charge in [0.15, 0.2) is 5.54 Å². The van der Waals surface area contributed by atoms with Crippen molar-refractivity contribution in [2.24, 2.45) is 18.9 Å². The Bertz CT molecular complexity index is 954. The summed E-state index contributed by atoms with van der Waals surface area (Å²) in [7, 11) is 1.80. The van der Waals surface area contributed by atoms with Crippen LogP contribution in [0.4, 0.5) is 10.1 Å². The van der Waals surface area contributed by atoms with E-state index in [9.17, 15) is 14.0 Å². The highest BCUT2D eigenvalue weighted by Gasteiger charge is 2.62. The van der Waals surface area contributed by atoms with Crippen LogP contribution in [-0.2, 0) is 17.4 Å². The lowest BCUT2D eigenvalue weighted by molar-refractivity contribution is -0.127. The number of aromatic nitrogens is 2. The van der Waals surface area contributed by atoms with Crippen molar-refractivity contribution in [2.45, 2.75) is 45.2 Å². The number of imidazole rings is 1. The van der Waals surface area contributed by atoms with E-state index in [0.717, 1.165) is 6.42 Å². The zero-order valence-electron chi connectivity index (χ0n) is 16.6. The molecule has 7 heteroatoms. The van der Waals surface area contributed by atoms with Crippen LogP contribution in [0.25, 0.3) is 0 Å². The van der Waals surface area contributed by atoms with Crippen molar-refractivity contribution in [3.05, 3.63) is 47.8 Å². The Labute approximate surface area is 163 Å². The molecule has 1 aromatic carbocycles. The molecule has 0 radical (unpaired) electrons. The molecule has 1 fully saturated rings. The van der Waals surface area contributed by atoms with E-state index in [2.05, 4.69) is 24.1 Å². The number of likely N-dealkylation sites (tertiary alicyclic amines) is 1. The third kappa shape index (κ3) is 2.56. The molecule has 1 saturated heterocycles. The van der Waals surface area contributed by atoms with Crippen molar-refractivity contribution >= 4 is 17.5 Å². The van der Waals surface area contributed by atoms with E-state index in [4.69, 9.17) is 0 Å². The van der Waals surface area contributed by atoms with Gasteiger partial charge in [0.1, 0.15) is 11.5 Å². The Morgan fingerprint density at radius 3 is 2.82 bits per heavy atom. The van der Waals surface area contributed by atoms with Gasteiger partial charge in [0, 0.05) is 30.5 Å². The number of amides is 2. The lowest BCUT2D eigenvalue weighted by atomic mass is 9.80. The fourth-order valence-electron chi connectivity index (χ4n) is 4.94. The van der Waals surface area contributed by atoms with Gasteiger partial charge in [0.25, 0.3) is 11.8 Å². The van der Waals surface area contributed by atoms with Crippen LogP contribution in [0, 0.1) is 17.7 Å². The Kier molecular flexibility index (Phi) is 4.28. The standard InChI is InChI=1S/C21H25FN4O2/c1-12(2)7-15-8-13(3)21(26(15)19(27)18-10-25(4)11-23-18)16-9-14(22)5-6-17(16)24-20(21)28/h5-6,9-13,15H,7-8H2,1-4H3,(H,24,28)/t13-,15+,21+/m0/s1. The van der Waals surface area contributed by atoms with Gasteiger partial charge < -0.3 is 14.8 Å². The largest absolute Gasteiger partial charge is 0.340 e. The molecule has 2 aliphatic heterocycles. The second-order valence-electron chi connectivity index (χ2n) is 8.43. The van der Waals surface area contributed by atoms with Crippen molar-refractivity contribution in [1.82, 2.24) is 14.5 Å². The van der Waals surface area contributed by atoms with Gasteiger partial charge in [0.2, 0.25) is 0 Å². The van der Waals surface area contributed by atoms with E-state index < -0.39 is 11.4 Å². The lowest BCUT2D eigenvalue weighted by Crippen LogP contribution is -2.55. The first-order valence-corrected chi connectivity index (χ1v) is 9.68. The van der Waals surface area contributed by atoms with Crippen LogP contribution in [0.3, 0.4) is 0 Å². The minimum absolute atomic E-state index is 0.121. The zero-order chi connectivity index (χ0) is 20.2. The van der Waals surface area contributed by atoms with Gasteiger partial charge in [-0.05, 0) is 42.9 Å². The number of carbonyl (C=O) groups excluding carboxylic acids is 2. The highest BCUT2D eigenvalue weighted by Crippen LogP contribution is 2.54. The molecule has 2 amide bonds. The smallest absolute Gasteiger partial charge is 0.275 e. The van der Waals surface area contributed by atoms with Crippen LogP contribution in [0.15, 0.2) is 30.7 Å². The maximum absolute atomic E-state index is 14.2. The zero-order valence-corrected chi connectivity index (χ0v) is 16.6. The van der Waals surface area contributed by atoms with Crippen LogP contribution < -0.4 is 5.32 Å². The number of rotatable bonds is 3. The Balaban J connectivity index is 1.90. The van der Waals surface area contributed by atoms with Gasteiger partial charge in [0.05, 0.1) is 6.33 Å². The molecule has 1 aromatic heterocycles. The summed E-state index contributed by atoms with van der Waals surface area (Å²) >= 11 is 0. The minimum atomic E-state index is -1.22. The van der Waals surface area contributed by atoms with E-state index in [0.29, 0.717) is 29.3 Å². The summed E-state index contributed by atoms with van der Waals surface area (Å²) in [5.74, 6) is -0.770. The number of benzene rings is 1. The van der Waals surface area contributed by atoms with Gasteiger partial charge >= 0.3 is 0 Å². The quantitative estimate of drug-likeness (QED) is 0.883. The van der Waals surface area contributed by atoms with Crippen molar-refractivity contribution in [2.75, 3.05) is 5.32 Å². The molecular formula is C21H25FN4O2. The molecule has 2 aliphatic rings. The molecule has 3 heterocycles. The molecular weight excluding hydrogens is 359 g/mol. The number of nitrogens with one attached hydrogen (secondary N) is 1. The number of halogens is 1. The van der Waals surface area contributed by atoms with Crippen LogP contribution in [-0.4, -0.2) is 32.3 Å². The van der Waals surface area contributed by atoms with Crippen molar-refractivity contribution in [3.8, 4) is 0 Å². The summed E-state index contributed by atoms with van der Waals surface area (Å²) in [4.78, 5) is 32.8. The van der Waals surface area contributed by atoms with Gasteiger partial charge in [-0.1, -0.05) is 20.8 Å². The minimum Gasteiger partial charge on any atom is -0.340 e. The molecule has 1 spiro atoms. The molecule has 6 nitrogen and oxygen atoms in total. The van der Waals surface area contributed by atoms with Gasteiger partial charge in [-0.15, -0.1) is 0 Å². The molecule has 148 valence electrons. The van der Waals surface area contributed by atoms with E-state index >= 15 is 0 Å². The number of hydrogen-bond acceptors (Lipinski definition) is 3. The first-order chi connectivity index (χ1) is 13.2. The highest BCUT2D eigenvalue weighted by molar-refractivity contribution is 6.09. The van der Waals surface area contributed by atoms with E-state index in [1.807, 2.05) is 6.92 Å². The number of fused-ring (bicyclic) bond motifs is 2. The second kappa shape index (κ2) is 6.43. The molecule has 2 aromatic rings. The Morgan fingerprint density at radius 1 is 1.43 bits per heavy atom. The first kappa shape index (κ1) is 18.7. The van der Waals surface area contributed by atoms with Crippen molar-refractivity contribution < 1.29 is 14.0 Å². The van der Waals surface area contributed by atoms with E-state index in [1.165, 1.54) is 12.1 Å². The first-order valence-electron chi connectivity index (χ1n) is 9.68. The van der Waals surface area contributed by atoms with E-state index in [-0.39, 0.29) is 23.8 Å². The van der Waals surface area contributed by atoms with Crippen LogP contribution >= 0.6 is 0 Å². The Morgan fingerprint density at radius 2 is 2.18 bits per heavy atom. The number of aryl methyl sites for hydroxylation is 1. The summed E-state index contributed by atoms with van der Waals surface area (Å²) in [5.41, 5.74) is 0.191. The SMILES string of the molecule is CC(C)C[C@@H]1C[C@H](C)[C@@]2(C(=O)Nc3ccc(F)cc32)N1C(=O)c1cn(C)cn1. The predicted octanol–water partition coefficient (Wildman–Crippen LogP) is 3.30. The third-order valence-electron chi connectivity index (χ3n) is 5.96. The Hall–Kier alpha value is -2.70. The summed E-state index contributed by atoms with van der Waals surface area (Å²) < 4.78 is 15.9. The van der Waals surface area contributed by atoms with Crippen LogP contribution in [0.1, 0.15) is 49.7 Å². The number of carbonyl (C=O) groups is 2. The summed E-state index contributed by atoms with van der Waals surface area (Å²) in [6, 6.07) is 4.17. The summed E-state index contributed by atoms with van der Waals surface area (Å²) in [6.07, 6.45) is 4.67. The summed E-state index contributed by atoms with van der Waals surface area (Å²) in [5, 5.41) is 2.88. The normalized spacial score (nSPS) is 26.2. The fraction of sp³-hybridized carbons (Fsp3) is 0.476.